The van der Waals surface area contributed by atoms with Crippen LogP contribution in [0.5, 0.6) is 0 Å². The van der Waals surface area contributed by atoms with E-state index in [9.17, 15) is 9.59 Å². The lowest BCUT2D eigenvalue weighted by atomic mass is 10.1. The number of amides is 1. The second-order valence-corrected chi connectivity index (χ2v) is 7.28. The molecule has 0 atom stereocenters. The summed E-state index contributed by atoms with van der Waals surface area (Å²) in [6.07, 6.45) is 1.56. The zero-order valence-electron chi connectivity index (χ0n) is 17.3. The Hall–Kier alpha value is -4.53. The zero-order chi connectivity index (χ0) is 22.2. The van der Waals surface area contributed by atoms with E-state index in [-0.39, 0.29) is 11.5 Å². The Labute approximate surface area is 181 Å². The first kappa shape index (κ1) is 19.4. The number of aromatic amines is 1. The normalized spacial score (nSPS) is 11.1. The summed E-state index contributed by atoms with van der Waals surface area (Å²) < 4.78 is 7.13. The van der Waals surface area contributed by atoms with Gasteiger partial charge in [0.2, 0.25) is 0 Å². The summed E-state index contributed by atoms with van der Waals surface area (Å²) in [4.78, 5) is 29.3. The summed E-state index contributed by atoms with van der Waals surface area (Å²) in [6.45, 7) is 1.84. The first-order valence-corrected chi connectivity index (χ1v) is 9.85. The molecule has 9 heteroatoms. The van der Waals surface area contributed by atoms with Crippen molar-refractivity contribution in [1.82, 2.24) is 25.0 Å². The first-order valence-electron chi connectivity index (χ1n) is 9.85. The van der Waals surface area contributed by atoms with Crippen LogP contribution in [0.1, 0.15) is 16.1 Å². The van der Waals surface area contributed by atoms with Crippen molar-refractivity contribution in [3.05, 3.63) is 82.5 Å². The van der Waals surface area contributed by atoms with Crippen LogP contribution in [0, 0.1) is 6.92 Å². The maximum Gasteiger partial charge on any atom is 0.264 e. The fraction of sp³-hybridized carbons (Fsp3) is 0.0870. The molecule has 32 heavy (non-hydrogen) atoms. The summed E-state index contributed by atoms with van der Waals surface area (Å²) in [5, 5.41) is 14.5. The van der Waals surface area contributed by atoms with Crippen LogP contribution in [0.15, 0.2) is 70.1 Å². The van der Waals surface area contributed by atoms with E-state index in [0.29, 0.717) is 45.1 Å². The highest BCUT2D eigenvalue weighted by atomic mass is 16.3. The fourth-order valence-electron chi connectivity index (χ4n) is 3.63. The lowest BCUT2D eigenvalue weighted by Gasteiger charge is -2.10. The Balaban J connectivity index is 1.55. The number of hydrogen-bond acceptors (Lipinski definition) is 6. The summed E-state index contributed by atoms with van der Waals surface area (Å²) in [7, 11) is 1.79. The topological polar surface area (TPSA) is 119 Å². The van der Waals surface area contributed by atoms with E-state index in [1.165, 1.54) is 6.07 Å². The van der Waals surface area contributed by atoms with Gasteiger partial charge >= 0.3 is 0 Å². The van der Waals surface area contributed by atoms with Crippen LogP contribution in [0.3, 0.4) is 0 Å². The lowest BCUT2D eigenvalue weighted by Crippen LogP contribution is -2.13. The van der Waals surface area contributed by atoms with Gasteiger partial charge in [0, 0.05) is 24.4 Å². The Bertz CT molecular complexity index is 1490. The molecule has 4 heterocycles. The second-order valence-electron chi connectivity index (χ2n) is 7.28. The van der Waals surface area contributed by atoms with Crippen LogP contribution in [-0.4, -0.2) is 30.9 Å². The number of benzene rings is 1. The molecule has 158 valence electrons. The van der Waals surface area contributed by atoms with Crippen molar-refractivity contribution in [3.63, 3.8) is 0 Å². The van der Waals surface area contributed by atoms with Gasteiger partial charge in [-0.05, 0) is 43.3 Å². The van der Waals surface area contributed by atoms with Crippen molar-refractivity contribution in [2.75, 3.05) is 5.32 Å². The minimum atomic E-state index is -0.298. The molecule has 1 amide bonds. The third-order valence-corrected chi connectivity index (χ3v) is 5.08. The Morgan fingerprint density at radius 3 is 2.72 bits per heavy atom. The average molecular weight is 426 g/mol. The van der Waals surface area contributed by atoms with Crippen molar-refractivity contribution in [3.8, 4) is 22.7 Å². The summed E-state index contributed by atoms with van der Waals surface area (Å²) >= 11 is 0. The summed E-state index contributed by atoms with van der Waals surface area (Å²) in [5.41, 5.74) is 3.94. The van der Waals surface area contributed by atoms with Gasteiger partial charge in [-0.25, -0.2) is 10.1 Å². The van der Waals surface area contributed by atoms with E-state index >= 15 is 0 Å². The van der Waals surface area contributed by atoms with Gasteiger partial charge in [0.05, 0.1) is 28.6 Å². The largest absolute Gasteiger partial charge is 0.463 e. The zero-order valence-corrected chi connectivity index (χ0v) is 17.3. The first-order chi connectivity index (χ1) is 15.5. The second kappa shape index (κ2) is 7.62. The van der Waals surface area contributed by atoms with Crippen molar-refractivity contribution in [2.24, 2.45) is 7.05 Å². The minimum Gasteiger partial charge on any atom is -0.463 e. The molecule has 2 N–H and O–H groups in total. The molecule has 9 nitrogen and oxygen atoms in total. The van der Waals surface area contributed by atoms with E-state index in [4.69, 9.17) is 4.42 Å². The van der Waals surface area contributed by atoms with Crippen LogP contribution >= 0.6 is 0 Å². The van der Waals surface area contributed by atoms with Crippen LogP contribution in [0.25, 0.3) is 33.7 Å². The van der Waals surface area contributed by atoms with Crippen LogP contribution in [0.4, 0.5) is 5.69 Å². The third kappa shape index (κ3) is 3.45. The standard InChI is InChI=1S/C23H18N6O3/c1-13-21-16(12-18(19-7-4-10-32-19)25-22(21)29(2)28-13)23(31)24-15-6-3-5-14(11-15)17-8-9-20(30)27-26-17/h3-12H,1-2H3,(H,24,31)(H,27,30). The molecule has 1 aromatic carbocycles. The SMILES string of the molecule is Cc1nn(C)c2nc(-c3ccco3)cc(C(=O)Nc3cccc(-c4ccc(=O)[nH]n4)c3)c12. The molecule has 0 saturated heterocycles. The summed E-state index contributed by atoms with van der Waals surface area (Å²) in [5.74, 6) is 0.263. The number of aromatic nitrogens is 5. The molecule has 5 aromatic rings. The van der Waals surface area contributed by atoms with E-state index in [2.05, 4.69) is 25.6 Å². The third-order valence-electron chi connectivity index (χ3n) is 5.08. The number of carbonyl (C=O) groups excluding carboxylic acids is 1. The number of hydrogen-bond donors (Lipinski definition) is 2. The quantitative estimate of drug-likeness (QED) is 0.454. The number of furan rings is 1. The maximum atomic E-state index is 13.3. The predicted octanol–water partition coefficient (Wildman–Crippen LogP) is 3.54. The van der Waals surface area contributed by atoms with E-state index in [1.54, 1.807) is 54.4 Å². The number of H-pyrrole nitrogens is 1. The molecule has 5 rings (SSSR count). The van der Waals surface area contributed by atoms with Crippen molar-refractivity contribution in [2.45, 2.75) is 6.92 Å². The number of pyridine rings is 1. The van der Waals surface area contributed by atoms with Crippen LogP contribution < -0.4 is 10.9 Å². The highest BCUT2D eigenvalue weighted by Crippen LogP contribution is 2.28. The molecule has 0 radical (unpaired) electrons. The molecule has 0 spiro atoms. The van der Waals surface area contributed by atoms with Gasteiger partial charge in [-0.2, -0.15) is 10.2 Å². The van der Waals surface area contributed by atoms with Gasteiger partial charge in [0.15, 0.2) is 11.4 Å². The molecule has 0 unspecified atom stereocenters. The molecular formula is C23H18N6O3. The van der Waals surface area contributed by atoms with Crippen molar-refractivity contribution < 1.29 is 9.21 Å². The van der Waals surface area contributed by atoms with Gasteiger partial charge < -0.3 is 9.73 Å². The lowest BCUT2D eigenvalue weighted by molar-refractivity contribution is 0.102. The Kier molecular flexibility index (Phi) is 4.63. The highest BCUT2D eigenvalue weighted by molar-refractivity contribution is 6.13. The molecular weight excluding hydrogens is 408 g/mol. The number of carbonyl (C=O) groups is 1. The number of nitrogens with zero attached hydrogens (tertiary/aromatic N) is 4. The molecule has 0 saturated carbocycles. The summed E-state index contributed by atoms with van der Waals surface area (Å²) in [6, 6.07) is 15.5. The molecule has 0 aliphatic carbocycles. The van der Waals surface area contributed by atoms with Gasteiger partial charge in [-0.15, -0.1) is 0 Å². The number of anilines is 1. The van der Waals surface area contributed by atoms with Gasteiger partial charge in [0.1, 0.15) is 5.69 Å². The maximum absolute atomic E-state index is 13.3. The van der Waals surface area contributed by atoms with E-state index in [0.717, 1.165) is 5.56 Å². The molecule has 0 bridgehead atoms. The average Bonchev–Trinajstić information content (AvgIpc) is 3.42. The van der Waals surface area contributed by atoms with E-state index in [1.807, 2.05) is 19.1 Å². The molecule has 0 aliphatic rings. The molecule has 0 aliphatic heterocycles. The number of aryl methyl sites for hydroxylation is 2. The van der Waals surface area contributed by atoms with E-state index < -0.39 is 0 Å². The Morgan fingerprint density at radius 2 is 1.97 bits per heavy atom. The molecule has 4 aromatic heterocycles. The number of nitrogens with one attached hydrogen (secondary N) is 2. The van der Waals surface area contributed by atoms with Gasteiger partial charge in [0.25, 0.3) is 11.5 Å². The fourth-order valence-corrected chi connectivity index (χ4v) is 3.63. The van der Waals surface area contributed by atoms with Crippen LogP contribution in [-0.2, 0) is 7.05 Å². The minimum absolute atomic E-state index is 0.279. The Morgan fingerprint density at radius 1 is 1.09 bits per heavy atom. The number of fused-ring (bicyclic) bond motifs is 1. The molecule has 0 fully saturated rings. The monoisotopic (exact) mass is 426 g/mol. The number of rotatable bonds is 4. The van der Waals surface area contributed by atoms with Gasteiger partial charge in [-0.3, -0.25) is 14.3 Å². The van der Waals surface area contributed by atoms with Crippen molar-refractivity contribution in [1.29, 1.82) is 0 Å². The van der Waals surface area contributed by atoms with Crippen molar-refractivity contribution >= 4 is 22.6 Å². The smallest absolute Gasteiger partial charge is 0.264 e. The highest BCUT2D eigenvalue weighted by Gasteiger charge is 2.20. The van der Waals surface area contributed by atoms with Crippen LogP contribution in [0.2, 0.25) is 0 Å². The van der Waals surface area contributed by atoms with Gasteiger partial charge in [-0.1, -0.05) is 12.1 Å². The predicted molar refractivity (Wildman–Crippen MR) is 119 cm³/mol.